The standard InChI is InChI=1S/C20H40O2/c1-8-9-10-12-15-20(18(2,3)4,19(5,6)7)16-13-11-14-17(21)22/h8-16H2,1-7H3,(H,21,22). The van der Waals surface area contributed by atoms with Crippen LogP contribution in [0.1, 0.15) is 106 Å². The average Bonchev–Trinajstić information content (AvgIpc) is 2.33. The number of aliphatic carboxylic acids is 1. The van der Waals surface area contributed by atoms with Crippen LogP contribution in [0.3, 0.4) is 0 Å². The van der Waals surface area contributed by atoms with Crippen LogP contribution in [0, 0.1) is 16.2 Å². The van der Waals surface area contributed by atoms with Gasteiger partial charge in [-0.1, -0.05) is 80.6 Å². The maximum Gasteiger partial charge on any atom is 0.303 e. The number of carboxylic acids is 1. The first-order valence-electron chi connectivity index (χ1n) is 9.20. The molecule has 0 heterocycles. The molecule has 2 heteroatoms. The summed E-state index contributed by atoms with van der Waals surface area (Å²) >= 11 is 0. The highest BCUT2D eigenvalue weighted by molar-refractivity contribution is 5.66. The third kappa shape index (κ3) is 6.30. The third-order valence-corrected chi connectivity index (χ3v) is 5.57. The fraction of sp³-hybridized carbons (Fsp3) is 0.950. The molecule has 0 aliphatic rings. The molecule has 0 bridgehead atoms. The lowest BCUT2D eigenvalue weighted by Crippen LogP contribution is -2.46. The van der Waals surface area contributed by atoms with Gasteiger partial charge in [0.1, 0.15) is 0 Å². The van der Waals surface area contributed by atoms with Crippen molar-refractivity contribution in [2.45, 2.75) is 106 Å². The Kier molecular flexibility index (Phi) is 8.72. The summed E-state index contributed by atoms with van der Waals surface area (Å²) < 4.78 is 0. The van der Waals surface area contributed by atoms with Gasteiger partial charge in [0.2, 0.25) is 0 Å². The summed E-state index contributed by atoms with van der Waals surface area (Å²) in [5, 5.41) is 8.86. The number of rotatable bonds is 10. The zero-order valence-corrected chi connectivity index (χ0v) is 16.2. The van der Waals surface area contributed by atoms with E-state index in [0.29, 0.717) is 6.42 Å². The lowest BCUT2D eigenvalue weighted by Gasteiger charge is -2.55. The van der Waals surface area contributed by atoms with Crippen LogP contribution < -0.4 is 0 Å². The number of hydrogen-bond donors (Lipinski definition) is 1. The van der Waals surface area contributed by atoms with Crippen molar-refractivity contribution in [2.75, 3.05) is 0 Å². The van der Waals surface area contributed by atoms with Crippen LogP contribution in [0.5, 0.6) is 0 Å². The highest BCUT2D eigenvalue weighted by Gasteiger charge is 2.48. The van der Waals surface area contributed by atoms with Crippen LogP contribution in [0.25, 0.3) is 0 Å². The molecule has 0 radical (unpaired) electrons. The van der Waals surface area contributed by atoms with Crippen LogP contribution >= 0.6 is 0 Å². The minimum Gasteiger partial charge on any atom is -0.481 e. The molecule has 0 aromatic rings. The summed E-state index contributed by atoms with van der Waals surface area (Å²) in [6, 6.07) is 0. The van der Waals surface area contributed by atoms with Gasteiger partial charge in [-0.25, -0.2) is 0 Å². The second kappa shape index (κ2) is 8.93. The van der Waals surface area contributed by atoms with Crippen molar-refractivity contribution in [2.24, 2.45) is 16.2 Å². The molecule has 0 atom stereocenters. The highest BCUT2D eigenvalue weighted by atomic mass is 16.4. The Morgan fingerprint density at radius 1 is 0.773 bits per heavy atom. The monoisotopic (exact) mass is 312 g/mol. The molecule has 0 saturated carbocycles. The quantitative estimate of drug-likeness (QED) is 0.457. The van der Waals surface area contributed by atoms with Gasteiger partial charge in [0.05, 0.1) is 0 Å². The molecule has 22 heavy (non-hydrogen) atoms. The van der Waals surface area contributed by atoms with E-state index in [1.54, 1.807) is 0 Å². The van der Waals surface area contributed by atoms with Crippen molar-refractivity contribution >= 4 is 5.97 Å². The smallest absolute Gasteiger partial charge is 0.303 e. The van der Waals surface area contributed by atoms with E-state index in [2.05, 4.69) is 48.5 Å². The lowest BCUT2D eigenvalue weighted by atomic mass is 9.50. The number of unbranched alkanes of at least 4 members (excludes halogenated alkanes) is 4. The SMILES string of the molecule is CCCCCCC(CCCCC(=O)O)(C(C)(C)C)C(C)(C)C. The lowest BCUT2D eigenvalue weighted by molar-refractivity contribution is -0.137. The van der Waals surface area contributed by atoms with Crippen molar-refractivity contribution in [3.05, 3.63) is 0 Å². The second-order valence-electron chi connectivity index (χ2n) is 8.99. The van der Waals surface area contributed by atoms with Crippen molar-refractivity contribution in [3.8, 4) is 0 Å². The van der Waals surface area contributed by atoms with Crippen LogP contribution in [0.2, 0.25) is 0 Å². The second-order valence-corrected chi connectivity index (χ2v) is 8.99. The summed E-state index contributed by atoms with van der Waals surface area (Å²) in [5.41, 5.74) is 0.744. The Morgan fingerprint density at radius 2 is 1.23 bits per heavy atom. The van der Waals surface area contributed by atoms with Crippen LogP contribution in [-0.2, 0) is 4.79 Å². The maximum atomic E-state index is 10.8. The third-order valence-electron chi connectivity index (χ3n) is 5.57. The fourth-order valence-electron chi connectivity index (χ4n) is 4.31. The van der Waals surface area contributed by atoms with E-state index < -0.39 is 5.97 Å². The summed E-state index contributed by atoms with van der Waals surface area (Å²) in [5.74, 6) is -0.667. The molecule has 0 spiro atoms. The molecule has 0 rings (SSSR count). The fourth-order valence-corrected chi connectivity index (χ4v) is 4.31. The predicted molar refractivity (Wildman–Crippen MR) is 96.2 cm³/mol. The first kappa shape index (κ1) is 21.5. The van der Waals surface area contributed by atoms with Gasteiger partial charge in [0.25, 0.3) is 0 Å². The zero-order valence-electron chi connectivity index (χ0n) is 16.2. The van der Waals surface area contributed by atoms with Gasteiger partial charge in [-0.3, -0.25) is 4.79 Å². The first-order valence-corrected chi connectivity index (χ1v) is 9.20. The largest absolute Gasteiger partial charge is 0.481 e. The minimum absolute atomic E-state index is 0.237. The van der Waals surface area contributed by atoms with E-state index in [-0.39, 0.29) is 16.2 Å². The van der Waals surface area contributed by atoms with Gasteiger partial charge in [-0.2, -0.15) is 0 Å². The summed E-state index contributed by atoms with van der Waals surface area (Å²) in [6.45, 7) is 16.5. The summed E-state index contributed by atoms with van der Waals surface area (Å²) in [6.07, 6.45) is 9.74. The Balaban J connectivity index is 5.02. The average molecular weight is 313 g/mol. The highest BCUT2D eigenvalue weighted by Crippen LogP contribution is 2.57. The molecule has 0 aromatic heterocycles. The molecular weight excluding hydrogens is 272 g/mol. The van der Waals surface area contributed by atoms with E-state index in [4.69, 9.17) is 5.11 Å². The van der Waals surface area contributed by atoms with E-state index >= 15 is 0 Å². The molecule has 0 aliphatic carbocycles. The molecule has 0 unspecified atom stereocenters. The topological polar surface area (TPSA) is 37.3 Å². The van der Waals surface area contributed by atoms with Gasteiger partial charge < -0.3 is 5.11 Å². The summed E-state index contributed by atoms with van der Waals surface area (Å²) in [4.78, 5) is 10.8. The van der Waals surface area contributed by atoms with Crippen LogP contribution in [0.15, 0.2) is 0 Å². The number of hydrogen-bond acceptors (Lipinski definition) is 1. The van der Waals surface area contributed by atoms with Gasteiger partial charge in [0.15, 0.2) is 0 Å². The minimum atomic E-state index is -0.667. The normalized spacial score (nSPS) is 13.4. The van der Waals surface area contributed by atoms with Gasteiger partial charge >= 0.3 is 5.97 Å². The first-order chi connectivity index (χ1) is 9.98. The molecule has 0 aliphatic heterocycles. The maximum absolute atomic E-state index is 10.8. The molecule has 0 fully saturated rings. The van der Waals surface area contributed by atoms with Crippen molar-refractivity contribution in [1.82, 2.24) is 0 Å². The molecule has 132 valence electrons. The van der Waals surface area contributed by atoms with E-state index in [1.165, 1.54) is 32.1 Å². The van der Waals surface area contributed by atoms with E-state index in [1.807, 2.05) is 0 Å². The van der Waals surface area contributed by atoms with Gasteiger partial charge in [-0.05, 0) is 35.5 Å². The number of carbonyl (C=O) groups is 1. The van der Waals surface area contributed by atoms with Crippen LogP contribution in [0.4, 0.5) is 0 Å². The molecule has 0 amide bonds. The number of carboxylic acid groups (broad SMARTS) is 1. The van der Waals surface area contributed by atoms with E-state index in [0.717, 1.165) is 19.3 Å². The van der Waals surface area contributed by atoms with Gasteiger partial charge in [-0.15, -0.1) is 0 Å². The van der Waals surface area contributed by atoms with E-state index in [9.17, 15) is 4.79 Å². The Hall–Kier alpha value is -0.530. The molecule has 2 nitrogen and oxygen atoms in total. The zero-order chi connectivity index (χ0) is 17.4. The molecule has 1 N–H and O–H groups in total. The Morgan fingerprint density at radius 3 is 1.59 bits per heavy atom. The van der Waals surface area contributed by atoms with Gasteiger partial charge in [0, 0.05) is 6.42 Å². The van der Waals surface area contributed by atoms with Crippen molar-refractivity contribution < 1.29 is 9.90 Å². The predicted octanol–water partition coefficient (Wildman–Crippen LogP) is 6.68. The van der Waals surface area contributed by atoms with Crippen molar-refractivity contribution in [1.29, 1.82) is 0 Å². The Labute approximate surface area is 139 Å². The molecular formula is C20H40O2. The van der Waals surface area contributed by atoms with Crippen molar-refractivity contribution in [3.63, 3.8) is 0 Å². The molecule has 0 saturated heterocycles. The molecule has 0 aromatic carbocycles. The Bertz CT molecular complexity index is 304. The van der Waals surface area contributed by atoms with Crippen LogP contribution in [-0.4, -0.2) is 11.1 Å². The summed E-state index contributed by atoms with van der Waals surface area (Å²) in [7, 11) is 0.